The van der Waals surface area contributed by atoms with Crippen LogP contribution in [0.25, 0.3) is 0 Å². The summed E-state index contributed by atoms with van der Waals surface area (Å²) in [5.41, 5.74) is 1.27. The third kappa shape index (κ3) is 4.31. The number of unbranched alkanes of at least 4 members (excludes halogenated alkanes) is 1. The average Bonchev–Trinajstić information content (AvgIpc) is 2.69. The van der Waals surface area contributed by atoms with Gasteiger partial charge in [0.1, 0.15) is 11.6 Å². The predicted octanol–water partition coefficient (Wildman–Crippen LogP) is 3.08. The van der Waals surface area contributed by atoms with E-state index in [1.54, 1.807) is 18.3 Å². The molecular weight excluding hydrogens is 331 g/mol. The monoisotopic (exact) mass is 356 g/mol. The second-order valence-corrected chi connectivity index (χ2v) is 6.44. The molecule has 1 aliphatic heterocycles. The zero-order chi connectivity index (χ0) is 18.4. The highest BCUT2D eigenvalue weighted by molar-refractivity contribution is 5.94. The lowest BCUT2D eigenvalue weighted by molar-refractivity contribution is 0.0953. The Bertz CT molecular complexity index is 744. The molecule has 0 aliphatic carbocycles. The van der Waals surface area contributed by atoms with E-state index in [4.69, 9.17) is 0 Å². The summed E-state index contributed by atoms with van der Waals surface area (Å²) in [7, 11) is 0. The van der Waals surface area contributed by atoms with Crippen LogP contribution in [0.4, 0.5) is 15.9 Å². The SMILES string of the molecule is CCCCNC(=O)c1ccnc(N2CCN(c3ccccc3F)CC2)c1. The molecule has 1 aromatic carbocycles. The Morgan fingerprint density at radius 1 is 1.15 bits per heavy atom. The molecule has 1 aromatic heterocycles. The number of rotatable bonds is 6. The molecule has 1 fully saturated rings. The fraction of sp³-hybridized carbons (Fsp3) is 0.400. The third-order valence-electron chi connectivity index (χ3n) is 4.62. The number of halogens is 1. The van der Waals surface area contributed by atoms with Gasteiger partial charge in [0.05, 0.1) is 5.69 Å². The number of nitrogens with one attached hydrogen (secondary N) is 1. The van der Waals surface area contributed by atoms with Crippen molar-refractivity contribution in [2.75, 3.05) is 42.5 Å². The van der Waals surface area contributed by atoms with Gasteiger partial charge < -0.3 is 15.1 Å². The molecule has 26 heavy (non-hydrogen) atoms. The van der Waals surface area contributed by atoms with Crippen LogP contribution in [0.1, 0.15) is 30.1 Å². The summed E-state index contributed by atoms with van der Waals surface area (Å²) in [5, 5.41) is 2.93. The highest BCUT2D eigenvalue weighted by atomic mass is 19.1. The minimum Gasteiger partial charge on any atom is -0.366 e. The molecule has 0 spiro atoms. The molecule has 0 unspecified atom stereocenters. The van der Waals surface area contributed by atoms with Crippen molar-refractivity contribution in [3.05, 3.63) is 54.0 Å². The Labute approximate surface area is 153 Å². The van der Waals surface area contributed by atoms with Gasteiger partial charge in [-0.2, -0.15) is 0 Å². The second kappa shape index (κ2) is 8.65. The molecule has 2 aromatic rings. The van der Waals surface area contributed by atoms with Gasteiger partial charge in [-0.1, -0.05) is 25.5 Å². The van der Waals surface area contributed by atoms with Crippen LogP contribution >= 0.6 is 0 Å². The summed E-state index contributed by atoms with van der Waals surface area (Å²) >= 11 is 0. The normalized spacial score (nSPS) is 14.4. The van der Waals surface area contributed by atoms with Gasteiger partial charge in [0, 0.05) is 44.5 Å². The van der Waals surface area contributed by atoms with Crippen molar-refractivity contribution >= 4 is 17.4 Å². The van der Waals surface area contributed by atoms with Gasteiger partial charge >= 0.3 is 0 Å². The molecule has 1 saturated heterocycles. The van der Waals surface area contributed by atoms with E-state index in [1.165, 1.54) is 6.07 Å². The number of amides is 1. The molecular formula is C20H25FN4O. The molecule has 2 heterocycles. The van der Waals surface area contributed by atoms with Gasteiger partial charge in [-0.3, -0.25) is 4.79 Å². The number of pyridine rings is 1. The summed E-state index contributed by atoms with van der Waals surface area (Å²) in [4.78, 5) is 20.8. The van der Waals surface area contributed by atoms with E-state index in [0.29, 0.717) is 17.8 Å². The summed E-state index contributed by atoms with van der Waals surface area (Å²) in [6.45, 7) is 5.70. The minimum absolute atomic E-state index is 0.0629. The van der Waals surface area contributed by atoms with Crippen LogP contribution in [0.2, 0.25) is 0 Å². The Kier molecular flexibility index (Phi) is 6.04. The maximum Gasteiger partial charge on any atom is 0.251 e. The molecule has 0 saturated carbocycles. The van der Waals surface area contributed by atoms with Crippen LogP contribution in [0.5, 0.6) is 0 Å². The maximum atomic E-state index is 14.0. The smallest absolute Gasteiger partial charge is 0.251 e. The molecule has 1 N–H and O–H groups in total. The van der Waals surface area contributed by atoms with E-state index in [9.17, 15) is 9.18 Å². The number of carbonyl (C=O) groups excluding carboxylic acids is 1. The first-order valence-electron chi connectivity index (χ1n) is 9.17. The highest BCUT2D eigenvalue weighted by Gasteiger charge is 2.20. The topological polar surface area (TPSA) is 48.5 Å². The number of hydrogen-bond acceptors (Lipinski definition) is 4. The van der Waals surface area contributed by atoms with Gasteiger partial charge in [-0.05, 0) is 30.7 Å². The first kappa shape index (κ1) is 18.2. The van der Waals surface area contributed by atoms with Crippen molar-refractivity contribution in [1.82, 2.24) is 10.3 Å². The molecule has 3 rings (SSSR count). The number of carbonyl (C=O) groups is 1. The number of para-hydroxylation sites is 1. The summed E-state index contributed by atoms with van der Waals surface area (Å²) in [6.07, 6.45) is 3.70. The largest absolute Gasteiger partial charge is 0.366 e. The predicted molar refractivity (Wildman–Crippen MR) is 102 cm³/mol. The molecule has 6 heteroatoms. The van der Waals surface area contributed by atoms with Gasteiger partial charge in [0.15, 0.2) is 0 Å². The van der Waals surface area contributed by atoms with E-state index >= 15 is 0 Å². The number of anilines is 2. The van der Waals surface area contributed by atoms with Crippen LogP contribution < -0.4 is 15.1 Å². The van der Waals surface area contributed by atoms with Crippen molar-refractivity contribution in [3.63, 3.8) is 0 Å². The van der Waals surface area contributed by atoms with E-state index < -0.39 is 0 Å². The van der Waals surface area contributed by atoms with E-state index in [2.05, 4.69) is 22.1 Å². The van der Waals surface area contributed by atoms with Gasteiger partial charge in [0.25, 0.3) is 5.91 Å². The second-order valence-electron chi connectivity index (χ2n) is 6.44. The van der Waals surface area contributed by atoms with Crippen molar-refractivity contribution in [3.8, 4) is 0 Å². The lowest BCUT2D eigenvalue weighted by Crippen LogP contribution is -2.47. The minimum atomic E-state index is -0.190. The molecule has 1 aliphatic rings. The third-order valence-corrected chi connectivity index (χ3v) is 4.62. The van der Waals surface area contributed by atoms with Crippen LogP contribution in [0.3, 0.4) is 0 Å². The van der Waals surface area contributed by atoms with Crippen molar-refractivity contribution in [2.24, 2.45) is 0 Å². The Hall–Kier alpha value is -2.63. The molecule has 0 radical (unpaired) electrons. The van der Waals surface area contributed by atoms with Gasteiger partial charge in [-0.15, -0.1) is 0 Å². The van der Waals surface area contributed by atoms with Crippen LogP contribution in [0, 0.1) is 5.82 Å². The summed E-state index contributed by atoms with van der Waals surface area (Å²) in [6, 6.07) is 10.4. The first-order valence-corrected chi connectivity index (χ1v) is 9.17. The Morgan fingerprint density at radius 3 is 2.62 bits per heavy atom. The summed E-state index contributed by atoms with van der Waals surface area (Å²) < 4.78 is 14.0. The number of piperazine rings is 1. The van der Waals surface area contributed by atoms with E-state index in [-0.39, 0.29) is 11.7 Å². The molecule has 138 valence electrons. The zero-order valence-electron chi connectivity index (χ0n) is 15.1. The number of benzene rings is 1. The van der Waals surface area contributed by atoms with Crippen molar-refractivity contribution < 1.29 is 9.18 Å². The Balaban J connectivity index is 1.62. The number of hydrogen-bond donors (Lipinski definition) is 1. The highest BCUT2D eigenvalue weighted by Crippen LogP contribution is 2.22. The van der Waals surface area contributed by atoms with E-state index in [1.807, 2.05) is 23.1 Å². The van der Waals surface area contributed by atoms with Crippen LogP contribution in [-0.4, -0.2) is 43.6 Å². The number of aromatic nitrogens is 1. The van der Waals surface area contributed by atoms with Crippen molar-refractivity contribution in [1.29, 1.82) is 0 Å². The standard InChI is InChI=1S/C20H25FN4O/c1-2-3-9-23-20(26)16-8-10-22-19(15-16)25-13-11-24(12-14-25)18-7-5-4-6-17(18)21/h4-8,10,15H,2-3,9,11-14H2,1H3,(H,23,26). The van der Waals surface area contributed by atoms with Crippen LogP contribution in [-0.2, 0) is 0 Å². The molecule has 5 nitrogen and oxygen atoms in total. The van der Waals surface area contributed by atoms with Crippen molar-refractivity contribution in [2.45, 2.75) is 19.8 Å². The molecule has 0 atom stereocenters. The van der Waals surface area contributed by atoms with Crippen LogP contribution in [0.15, 0.2) is 42.6 Å². The zero-order valence-corrected chi connectivity index (χ0v) is 15.1. The fourth-order valence-corrected chi connectivity index (χ4v) is 3.10. The summed E-state index contributed by atoms with van der Waals surface area (Å²) in [5.74, 6) is 0.540. The molecule has 1 amide bonds. The van der Waals surface area contributed by atoms with Gasteiger partial charge in [0.2, 0.25) is 0 Å². The Morgan fingerprint density at radius 2 is 1.88 bits per heavy atom. The fourth-order valence-electron chi connectivity index (χ4n) is 3.10. The maximum absolute atomic E-state index is 14.0. The lowest BCUT2D eigenvalue weighted by atomic mass is 10.2. The molecule has 0 bridgehead atoms. The average molecular weight is 356 g/mol. The van der Waals surface area contributed by atoms with Gasteiger partial charge in [-0.25, -0.2) is 9.37 Å². The number of nitrogens with zero attached hydrogens (tertiary/aromatic N) is 3. The lowest BCUT2D eigenvalue weighted by Gasteiger charge is -2.36. The first-order chi connectivity index (χ1) is 12.7. The van der Waals surface area contributed by atoms with E-state index in [0.717, 1.165) is 44.8 Å². The quantitative estimate of drug-likeness (QED) is 0.808.